The van der Waals surface area contributed by atoms with Crippen molar-refractivity contribution >= 4 is 11.6 Å². The molecule has 1 aromatic carbocycles. The molecule has 17 heavy (non-hydrogen) atoms. The second-order valence-corrected chi connectivity index (χ2v) is 3.93. The number of benzene rings is 1. The fraction of sp³-hybridized carbons (Fsp3) is 0.273. The van der Waals surface area contributed by atoms with Gasteiger partial charge in [-0.05, 0) is 25.2 Å². The van der Waals surface area contributed by atoms with Crippen LogP contribution in [0.15, 0.2) is 22.7 Å². The van der Waals surface area contributed by atoms with Gasteiger partial charge in [-0.1, -0.05) is 16.8 Å². The molecule has 0 radical (unpaired) electrons. The molecule has 90 valence electrons. The highest BCUT2D eigenvalue weighted by atomic mass is 35.5. The average Bonchev–Trinajstić information content (AvgIpc) is 2.75. The van der Waals surface area contributed by atoms with Gasteiger partial charge in [0, 0.05) is 18.0 Å². The van der Waals surface area contributed by atoms with Crippen molar-refractivity contribution in [2.75, 3.05) is 13.6 Å². The van der Waals surface area contributed by atoms with Gasteiger partial charge in [-0.15, -0.1) is 0 Å². The molecule has 1 N–H and O–H groups in total. The predicted octanol–water partition coefficient (Wildman–Crippen LogP) is 2.29. The number of halogens is 2. The van der Waals surface area contributed by atoms with Crippen molar-refractivity contribution in [3.8, 4) is 11.5 Å². The first kappa shape index (κ1) is 12.0. The molecule has 0 amide bonds. The van der Waals surface area contributed by atoms with E-state index in [1.165, 1.54) is 12.1 Å². The first-order valence-corrected chi connectivity index (χ1v) is 5.51. The van der Waals surface area contributed by atoms with Crippen LogP contribution in [0.2, 0.25) is 5.02 Å². The van der Waals surface area contributed by atoms with E-state index in [4.69, 9.17) is 16.1 Å². The van der Waals surface area contributed by atoms with Crippen LogP contribution in [-0.4, -0.2) is 23.7 Å². The molecule has 2 rings (SSSR count). The summed E-state index contributed by atoms with van der Waals surface area (Å²) in [6.45, 7) is 0.738. The lowest BCUT2D eigenvalue weighted by atomic mass is 10.2. The maximum absolute atomic E-state index is 13.6. The third kappa shape index (κ3) is 2.81. The molecule has 0 aliphatic heterocycles. The van der Waals surface area contributed by atoms with E-state index in [-0.39, 0.29) is 11.5 Å². The lowest BCUT2D eigenvalue weighted by Crippen LogP contribution is -2.11. The Morgan fingerprint density at radius 1 is 1.47 bits per heavy atom. The summed E-state index contributed by atoms with van der Waals surface area (Å²) in [6.07, 6.45) is 0.634. The minimum atomic E-state index is -0.471. The molecule has 0 spiro atoms. The van der Waals surface area contributed by atoms with Crippen molar-refractivity contribution in [3.63, 3.8) is 0 Å². The number of nitrogens with zero attached hydrogens (tertiary/aromatic N) is 2. The fourth-order valence-electron chi connectivity index (χ4n) is 1.36. The van der Waals surface area contributed by atoms with Crippen LogP contribution in [0.4, 0.5) is 4.39 Å². The third-order valence-corrected chi connectivity index (χ3v) is 2.46. The Balaban J connectivity index is 2.24. The summed E-state index contributed by atoms with van der Waals surface area (Å²) >= 11 is 5.66. The van der Waals surface area contributed by atoms with E-state index >= 15 is 0 Å². The molecule has 2 aromatic rings. The Hall–Kier alpha value is -1.46. The predicted molar refractivity (Wildman–Crippen MR) is 62.3 cm³/mol. The summed E-state index contributed by atoms with van der Waals surface area (Å²) in [5, 5.41) is 7.07. The maximum Gasteiger partial charge on any atom is 0.260 e. The van der Waals surface area contributed by atoms with Crippen molar-refractivity contribution in [3.05, 3.63) is 34.9 Å². The Labute approximate surface area is 103 Å². The van der Waals surface area contributed by atoms with Gasteiger partial charge in [0.2, 0.25) is 0 Å². The number of hydrogen-bond acceptors (Lipinski definition) is 4. The maximum atomic E-state index is 13.6. The highest BCUT2D eigenvalue weighted by Crippen LogP contribution is 2.23. The van der Waals surface area contributed by atoms with Crippen LogP contribution in [0.1, 0.15) is 5.82 Å². The highest BCUT2D eigenvalue weighted by Gasteiger charge is 2.13. The standard InChI is InChI=1S/C11H11ClFN3O/c1-14-5-4-10-15-11(17-16-10)8-3-2-7(12)6-9(8)13/h2-3,6,14H,4-5H2,1H3. The van der Waals surface area contributed by atoms with Gasteiger partial charge in [-0.25, -0.2) is 4.39 Å². The molecular weight excluding hydrogens is 245 g/mol. The molecule has 0 saturated heterocycles. The number of rotatable bonds is 4. The van der Waals surface area contributed by atoms with E-state index in [1.807, 2.05) is 7.05 Å². The Kier molecular flexibility index (Phi) is 3.71. The van der Waals surface area contributed by atoms with Gasteiger partial charge in [-0.3, -0.25) is 0 Å². The second-order valence-electron chi connectivity index (χ2n) is 3.49. The van der Waals surface area contributed by atoms with Crippen molar-refractivity contribution < 1.29 is 8.91 Å². The molecule has 0 unspecified atom stereocenters. The minimum absolute atomic E-state index is 0.172. The summed E-state index contributed by atoms with van der Waals surface area (Å²) in [7, 11) is 1.83. The topological polar surface area (TPSA) is 51.0 Å². The SMILES string of the molecule is CNCCc1noc(-c2ccc(Cl)cc2F)n1. The normalized spacial score (nSPS) is 10.8. The first-order valence-electron chi connectivity index (χ1n) is 5.13. The van der Waals surface area contributed by atoms with Crippen LogP contribution < -0.4 is 5.32 Å². The van der Waals surface area contributed by atoms with Gasteiger partial charge >= 0.3 is 0 Å². The molecule has 1 heterocycles. The summed E-state index contributed by atoms with van der Waals surface area (Å²) in [6, 6.07) is 4.32. The van der Waals surface area contributed by atoms with Gasteiger partial charge in [0.1, 0.15) is 5.82 Å². The largest absolute Gasteiger partial charge is 0.334 e. The van der Waals surface area contributed by atoms with Crippen LogP contribution in [0.25, 0.3) is 11.5 Å². The van der Waals surface area contributed by atoms with Crippen molar-refractivity contribution in [2.24, 2.45) is 0 Å². The molecular formula is C11H11ClFN3O. The van der Waals surface area contributed by atoms with Crippen LogP contribution in [0.3, 0.4) is 0 Å². The van der Waals surface area contributed by atoms with Crippen LogP contribution in [0.5, 0.6) is 0 Å². The Bertz CT molecular complexity index is 515. The zero-order valence-electron chi connectivity index (χ0n) is 9.20. The van der Waals surface area contributed by atoms with Crippen molar-refractivity contribution in [1.29, 1.82) is 0 Å². The summed E-state index contributed by atoms with van der Waals surface area (Å²) < 4.78 is 18.6. The van der Waals surface area contributed by atoms with Crippen LogP contribution in [0, 0.1) is 5.82 Å². The van der Waals surface area contributed by atoms with Gasteiger partial charge in [0.25, 0.3) is 5.89 Å². The van der Waals surface area contributed by atoms with Gasteiger partial charge in [0.15, 0.2) is 5.82 Å². The second kappa shape index (κ2) is 5.25. The lowest BCUT2D eigenvalue weighted by Gasteiger charge is -1.97. The van der Waals surface area contributed by atoms with Gasteiger partial charge < -0.3 is 9.84 Å². The summed E-state index contributed by atoms with van der Waals surface area (Å²) in [4.78, 5) is 4.11. The zero-order chi connectivity index (χ0) is 12.3. The monoisotopic (exact) mass is 255 g/mol. The summed E-state index contributed by atoms with van der Waals surface area (Å²) in [5.41, 5.74) is 0.262. The van der Waals surface area contributed by atoms with Crippen molar-refractivity contribution in [1.82, 2.24) is 15.5 Å². The highest BCUT2D eigenvalue weighted by molar-refractivity contribution is 6.30. The number of hydrogen-bond donors (Lipinski definition) is 1. The molecule has 0 saturated carbocycles. The van der Waals surface area contributed by atoms with Crippen molar-refractivity contribution in [2.45, 2.75) is 6.42 Å². The van der Waals surface area contributed by atoms with E-state index in [0.717, 1.165) is 6.54 Å². The lowest BCUT2D eigenvalue weighted by molar-refractivity contribution is 0.420. The average molecular weight is 256 g/mol. The molecule has 0 atom stereocenters. The van der Waals surface area contributed by atoms with E-state index in [0.29, 0.717) is 17.3 Å². The number of aromatic nitrogens is 2. The Morgan fingerprint density at radius 2 is 2.29 bits per heavy atom. The van der Waals surface area contributed by atoms with Crippen LogP contribution in [-0.2, 0) is 6.42 Å². The quantitative estimate of drug-likeness (QED) is 0.911. The number of nitrogens with one attached hydrogen (secondary N) is 1. The molecule has 0 bridgehead atoms. The fourth-order valence-corrected chi connectivity index (χ4v) is 1.52. The van der Waals surface area contributed by atoms with E-state index in [1.54, 1.807) is 6.07 Å². The Morgan fingerprint density at radius 3 is 3.00 bits per heavy atom. The van der Waals surface area contributed by atoms with E-state index < -0.39 is 5.82 Å². The molecule has 0 aliphatic rings. The molecule has 1 aromatic heterocycles. The molecule has 6 heteroatoms. The minimum Gasteiger partial charge on any atom is -0.334 e. The first-order chi connectivity index (χ1) is 8.20. The number of likely N-dealkylation sites (N-methyl/N-ethyl adjacent to an activating group) is 1. The van der Waals surface area contributed by atoms with E-state index in [2.05, 4.69) is 15.5 Å². The van der Waals surface area contributed by atoms with Gasteiger partial charge in [0.05, 0.1) is 5.56 Å². The molecule has 4 nitrogen and oxygen atoms in total. The zero-order valence-corrected chi connectivity index (χ0v) is 9.96. The van der Waals surface area contributed by atoms with Crippen LogP contribution >= 0.6 is 11.6 Å². The smallest absolute Gasteiger partial charge is 0.260 e. The molecule has 0 fully saturated rings. The molecule has 0 aliphatic carbocycles. The third-order valence-electron chi connectivity index (χ3n) is 2.23. The van der Waals surface area contributed by atoms with E-state index in [9.17, 15) is 4.39 Å². The summed E-state index contributed by atoms with van der Waals surface area (Å²) in [5.74, 6) is 0.246. The van der Waals surface area contributed by atoms with Gasteiger partial charge in [-0.2, -0.15) is 4.98 Å².